The summed E-state index contributed by atoms with van der Waals surface area (Å²) in [5.74, 6) is 0.881. The molecule has 0 spiro atoms. The van der Waals surface area contributed by atoms with Gasteiger partial charge < -0.3 is 10.6 Å². The third kappa shape index (κ3) is 5.38. The van der Waals surface area contributed by atoms with Gasteiger partial charge in [0.2, 0.25) is 0 Å². The van der Waals surface area contributed by atoms with Gasteiger partial charge in [-0.05, 0) is 39.3 Å². The number of nitrogens with one attached hydrogen (secondary N) is 2. The van der Waals surface area contributed by atoms with Crippen molar-refractivity contribution in [3.8, 4) is 0 Å². The third-order valence-corrected chi connectivity index (χ3v) is 4.02. The highest BCUT2D eigenvalue weighted by molar-refractivity contribution is 5.79. The molecular weight excluding hydrogens is 264 g/mol. The highest BCUT2D eigenvalue weighted by atomic mass is 15.3. The maximum atomic E-state index is 4.27. The van der Waals surface area contributed by atoms with Gasteiger partial charge in [-0.15, -0.1) is 0 Å². The zero-order chi connectivity index (χ0) is 15.1. The Hall–Kier alpha value is -1.56. The second-order valence-electron chi connectivity index (χ2n) is 5.75. The van der Waals surface area contributed by atoms with Gasteiger partial charge in [0.25, 0.3) is 0 Å². The first kappa shape index (κ1) is 15.8. The van der Waals surface area contributed by atoms with Crippen molar-refractivity contribution in [3.05, 3.63) is 18.5 Å². The molecule has 6 heteroatoms. The van der Waals surface area contributed by atoms with Crippen LogP contribution in [0.1, 0.15) is 26.2 Å². The van der Waals surface area contributed by atoms with E-state index in [0.717, 1.165) is 38.1 Å². The molecule has 0 bridgehead atoms. The van der Waals surface area contributed by atoms with Gasteiger partial charge in [-0.2, -0.15) is 5.10 Å². The summed E-state index contributed by atoms with van der Waals surface area (Å²) in [5.41, 5.74) is 0. The molecule has 1 unspecified atom stereocenters. The molecule has 118 valence electrons. The van der Waals surface area contributed by atoms with Gasteiger partial charge in [-0.1, -0.05) is 0 Å². The van der Waals surface area contributed by atoms with E-state index in [9.17, 15) is 0 Å². The zero-order valence-electron chi connectivity index (χ0n) is 13.4. The van der Waals surface area contributed by atoms with Crippen LogP contribution < -0.4 is 10.6 Å². The lowest BCUT2D eigenvalue weighted by atomic mass is 10.3. The molecule has 1 fully saturated rings. The molecule has 21 heavy (non-hydrogen) atoms. The van der Waals surface area contributed by atoms with Gasteiger partial charge in [-0.3, -0.25) is 14.6 Å². The van der Waals surface area contributed by atoms with Crippen molar-refractivity contribution in [1.82, 2.24) is 25.3 Å². The van der Waals surface area contributed by atoms with Crippen LogP contribution in [0.3, 0.4) is 0 Å². The predicted octanol–water partition coefficient (Wildman–Crippen LogP) is 0.921. The number of guanidine groups is 1. The van der Waals surface area contributed by atoms with E-state index in [1.165, 1.54) is 12.8 Å². The van der Waals surface area contributed by atoms with Gasteiger partial charge >= 0.3 is 0 Å². The minimum Gasteiger partial charge on any atom is -0.356 e. The first-order valence-corrected chi connectivity index (χ1v) is 7.84. The zero-order valence-corrected chi connectivity index (χ0v) is 13.4. The van der Waals surface area contributed by atoms with E-state index in [1.54, 1.807) is 0 Å². The van der Waals surface area contributed by atoms with E-state index in [-0.39, 0.29) is 0 Å². The summed E-state index contributed by atoms with van der Waals surface area (Å²) < 4.78 is 1.95. The monoisotopic (exact) mass is 292 g/mol. The van der Waals surface area contributed by atoms with E-state index >= 15 is 0 Å². The molecule has 1 saturated carbocycles. The van der Waals surface area contributed by atoms with Crippen molar-refractivity contribution in [2.75, 3.05) is 27.2 Å². The number of aryl methyl sites for hydroxylation is 1. The fraction of sp³-hybridized carbons (Fsp3) is 0.733. The molecule has 2 N–H and O–H groups in total. The molecular formula is C15H28N6. The lowest BCUT2D eigenvalue weighted by Crippen LogP contribution is -2.45. The molecule has 0 aliphatic heterocycles. The van der Waals surface area contributed by atoms with Gasteiger partial charge in [0.05, 0.1) is 0 Å². The average Bonchev–Trinajstić information content (AvgIpc) is 3.22. The van der Waals surface area contributed by atoms with E-state index in [4.69, 9.17) is 0 Å². The van der Waals surface area contributed by atoms with Crippen molar-refractivity contribution in [2.24, 2.45) is 4.99 Å². The van der Waals surface area contributed by atoms with Gasteiger partial charge in [0.15, 0.2) is 5.96 Å². The lowest BCUT2D eigenvalue weighted by molar-refractivity contribution is 0.247. The predicted molar refractivity (Wildman–Crippen MR) is 86.5 cm³/mol. The quantitative estimate of drug-likeness (QED) is 0.425. The number of rotatable bonds is 8. The fourth-order valence-electron chi connectivity index (χ4n) is 2.33. The molecule has 0 amide bonds. The largest absolute Gasteiger partial charge is 0.356 e. The molecule has 1 aromatic heterocycles. The second-order valence-corrected chi connectivity index (χ2v) is 5.75. The Morgan fingerprint density at radius 2 is 2.29 bits per heavy atom. The highest BCUT2D eigenvalue weighted by Crippen LogP contribution is 2.26. The molecule has 2 rings (SSSR count). The second kappa shape index (κ2) is 8.02. The molecule has 1 heterocycles. The third-order valence-electron chi connectivity index (χ3n) is 4.02. The lowest BCUT2D eigenvalue weighted by Gasteiger charge is -2.25. The van der Waals surface area contributed by atoms with E-state index in [1.807, 2.05) is 30.2 Å². The average molecular weight is 292 g/mol. The minimum atomic E-state index is 0.528. The summed E-state index contributed by atoms with van der Waals surface area (Å²) in [6.07, 6.45) is 7.52. The van der Waals surface area contributed by atoms with Crippen LogP contribution in [-0.2, 0) is 6.54 Å². The maximum Gasteiger partial charge on any atom is 0.191 e. The van der Waals surface area contributed by atoms with Crippen LogP contribution in [0.5, 0.6) is 0 Å². The number of nitrogens with zero attached hydrogens (tertiary/aromatic N) is 4. The number of aliphatic imine (C=N–C) groups is 1. The minimum absolute atomic E-state index is 0.528. The Bertz CT molecular complexity index is 423. The molecule has 0 radical (unpaired) electrons. The van der Waals surface area contributed by atoms with Crippen molar-refractivity contribution >= 4 is 5.96 Å². The van der Waals surface area contributed by atoms with Crippen LogP contribution in [0.15, 0.2) is 23.5 Å². The maximum absolute atomic E-state index is 4.27. The normalized spacial score (nSPS) is 17.0. The summed E-state index contributed by atoms with van der Waals surface area (Å²) in [5, 5.41) is 10.9. The first-order valence-electron chi connectivity index (χ1n) is 7.84. The smallest absolute Gasteiger partial charge is 0.191 e. The molecule has 1 aliphatic rings. The fourth-order valence-corrected chi connectivity index (χ4v) is 2.33. The Morgan fingerprint density at radius 1 is 1.48 bits per heavy atom. The molecule has 0 aromatic carbocycles. The number of hydrogen-bond donors (Lipinski definition) is 2. The summed E-state index contributed by atoms with van der Waals surface area (Å²) in [6.45, 7) is 5.01. The Labute approximate surface area is 127 Å². The van der Waals surface area contributed by atoms with Gasteiger partial charge in [-0.25, -0.2) is 0 Å². The number of aromatic nitrogens is 2. The molecule has 1 atom stereocenters. The summed E-state index contributed by atoms with van der Waals surface area (Å²) >= 11 is 0. The van der Waals surface area contributed by atoms with E-state index in [0.29, 0.717) is 6.04 Å². The summed E-state index contributed by atoms with van der Waals surface area (Å²) in [6, 6.07) is 3.28. The van der Waals surface area contributed by atoms with Crippen LogP contribution in [0.25, 0.3) is 0 Å². The van der Waals surface area contributed by atoms with Crippen molar-refractivity contribution < 1.29 is 0 Å². The van der Waals surface area contributed by atoms with Crippen LogP contribution in [0, 0.1) is 0 Å². The summed E-state index contributed by atoms with van der Waals surface area (Å²) in [4.78, 5) is 6.72. The van der Waals surface area contributed by atoms with E-state index in [2.05, 4.69) is 39.6 Å². The Kier molecular flexibility index (Phi) is 6.04. The SMILES string of the molecule is CN=C(NCCCn1cccn1)NCC(C)N(C)C1CC1. The molecule has 1 aliphatic carbocycles. The number of likely N-dealkylation sites (N-methyl/N-ethyl adjacent to an activating group) is 1. The Morgan fingerprint density at radius 3 is 2.90 bits per heavy atom. The van der Waals surface area contributed by atoms with Crippen molar-refractivity contribution in [1.29, 1.82) is 0 Å². The van der Waals surface area contributed by atoms with Crippen molar-refractivity contribution in [2.45, 2.75) is 44.8 Å². The first-order chi connectivity index (χ1) is 10.2. The van der Waals surface area contributed by atoms with Gasteiger partial charge in [0.1, 0.15) is 0 Å². The standard InChI is InChI=1S/C15H28N6/c1-13(20(3)14-6-7-14)12-18-15(16-2)17-8-4-10-21-11-5-9-19-21/h5,9,11,13-14H,4,6-8,10,12H2,1-3H3,(H2,16,17,18). The molecule has 6 nitrogen and oxygen atoms in total. The molecule has 0 saturated heterocycles. The van der Waals surface area contributed by atoms with Crippen LogP contribution in [0.2, 0.25) is 0 Å². The number of hydrogen-bond acceptors (Lipinski definition) is 3. The van der Waals surface area contributed by atoms with Gasteiger partial charge in [0, 0.05) is 51.2 Å². The highest BCUT2D eigenvalue weighted by Gasteiger charge is 2.28. The topological polar surface area (TPSA) is 57.5 Å². The van der Waals surface area contributed by atoms with Crippen LogP contribution in [-0.4, -0.2) is 59.9 Å². The van der Waals surface area contributed by atoms with Crippen LogP contribution >= 0.6 is 0 Å². The summed E-state index contributed by atoms with van der Waals surface area (Å²) in [7, 11) is 4.03. The Balaban J connectivity index is 1.59. The van der Waals surface area contributed by atoms with Crippen molar-refractivity contribution in [3.63, 3.8) is 0 Å². The molecule has 1 aromatic rings. The van der Waals surface area contributed by atoms with E-state index < -0.39 is 0 Å². The van der Waals surface area contributed by atoms with Crippen LogP contribution in [0.4, 0.5) is 0 Å².